The van der Waals surface area contributed by atoms with E-state index in [-0.39, 0.29) is 23.0 Å². The number of alkyl halides is 1. The van der Waals surface area contributed by atoms with Crippen LogP contribution in [0, 0.1) is 0 Å². The molecular formula is C23H20BrClN2O3S. The Hall–Kier alpha value is -2.35. The summed E-state index contributed by atoms with van der Waals surface area (Å²) in [7, 11) is 0. The zero-order valence-electron chi connectivity index (χ0n) is 16.4. The monoisotopic (exact) mass is 518 g/mol. The number of amides is 2. The molecule has 1 unspecified atom stereocenters. The van der Waals surface area contributed by atoms with Crippen LogP contribution in [0.4, 0.5) is 0 Å². The van der Waals surface area contributed by atoms with Crippen LogP contribution in [0.25, 0.3) is 0 Å². The molecule has 0 aromatic heterocycles. The lowest BCUT2D eigenvalue weighted by molar-refractivity contribution is -0.118. The van der Waals surface area contributed by atoms with E-state index in [1.54, 1.807) is 36.5 Å². The van der Waals surface area contributed by atoms with Crippen molar-refractivity contribution >= 4 is 57.4 Å². The summed E-state index contributed by atoms with van der Waals surface area (Å²) >= 11 is 10.7. The molecule has 160 valence electrons. The molecule has 1 aromatic carbocycles. The molecule has 0 saturated heterocycles. The smallest absolute Gasteiger partial charge is 0.252 e. The number of aldehydes is 1. The van der Waals surface area contributed by atoms with E-state index in [4.69, 9.17) is 11.6 Å². The Balaban J connectivity index is 1.66. The second kappa shape index (κ2) is 11.3. The fourth-order valence-corrected chi connectivity index (χ4v) is 4.26. The highest BCUT2D eigenvalue weighted by atomic mass is 79.9. The third-order valence-corrected chi connectivity index (χ3v) is 6.56. The van der Waals surface area contributed by atoms with E-state index in [0.717, 1.165) is 16.5 Å². The van der Waals surface area contributed by atoms with E-state index in [0.29, 0.717) is 28.5 Å². The molecule has 2 aliphatic rings. The highest BCUT2D eigenvalue weighted by Crippen LogP contribution is 2.27. The average Bonchev–Trinajstić information content (AvgIpc) is 3.00. The summed E-state index contributed by atoms with van der Waals surface area (Å²) in [5, 5.41) is 6.43. The first-order valence-corrected chi connectivity index (χ1v) is 12.0. The van der Waals surface area contributed by atoms with Crippen LogP contribution < -0.4 is 10.6 Å². The molecule has 8 heteroatoms. The van der Waals surface area contributed by atoms with E-state index < -0.39 is 6.04 Å². The molecular weight excluding hydrogens is 500 g/mol. The Bertz CT molecular complexity index is 1040. The predicted molar refractivity (Wildman–Crippen MR) is 129 cm³/mol. The second-order valence-electron chi connectivity index (χ2n) is 6.79. The molecule has 0 bridgehead atoms. The van der Waals surface area contributed by atoms with E-state index in [2.05, 4.69) is 26.6 Å². The molecule has 0 spiro atoms. The Morgan fingerprint density at radius 1 is 1.19 bits per heavy atom. The first-order valence-electron chi connectivity index (χ1n) is 9.48. The van der Waals surface area contributed by atoms with Crippen molar-refractivity contribution in [3.8, 4) is 0 Å². The van der Waals surface area contributed by atoms with Gasteiger partial charge in [0.1, 0.15) is 0 Å². The predicted octanol–water partition coefficient (Wildman–Crippen LogP) is 4.06. The number of hydrogen-bond acceptors (Lipinski definition) is 4. The average molecular weight is 520 g/mol. The molecule has 1 atom stereocenters. The molecule has 3 rings (SSSR count). The van der Waals surface area contributed by atoms with Crippen molar-refractivity contribution in [3.63, 3.8) is 0 Å². The lowest BCUT2D eigenvalue weighted by Gasteiger charge is -2.15. The molecule has 1 heterocycles. The number of halogens is 2. The number of carbonyl (C=O) groups excluding carboxylic acids is 3. The summed E-state index contributed by atoms with van der Waals surface area (Å²) in [5.74, 6) is -0.127. The van der Waals surface area contributed by atoms with Crippen LogP contribution in [0.3, 0.4) is 0 Å². The molecule has 1 aromatic rings. The van der Waals surface area contributed by atoms with Gasteiger partial charge in [-0.15, -0.1) is 11.8 Å². The number of carbonyl (C=O) groups is 3. The largest absolute Gasteiger partial charge is 0.348 e. The molecule has 0 saturated carbocycles. The van der Waals surface area contributed by atoms with Gasteiger partial charge in [0, 0.05) is 34.3 Å². The lowest BCUT2D eigenvalue weighted by atomic mass is 10.0. The SMILES string of the molecule is O=CC1=CC(NC(=O)C2=CC=C(Cl)SC2)C=CC=C1C(=O)NCc1cccc(CBr)c1. The number of nitrogens with one attached hydrogen (secondary N) is 2. The van der Waals surface area contributed by atoms with Crippen LogP contribution in [-0.2, 0) is 26.3 Å². The molecule has 0 radical (unpaired) electrons. The highest BCUT2D eigenvalue weighted by molar-refractivity contribution is 9.08. The van der Waals surface area contributed by atoms with Gasteiger partial charge in [-0.3, -0.25) is 14.4 Å². The van der Waals surface area contributed by atoms with Gasteiger partial charge in [-0.2, -0.15) is 0 Å². The maximum absolute atomic E-state index is 12.7. The van der Waals surface area contributed by atoms with Crippen molar-refractivity contribution in [2.45, 2.75) is 17.9 Å². The van der Waals surface area contributed by atoms with Crippen molar-refractivity contribution in [2.75, 3.05) is 5.75 Å². The van der Waals surface area contributed by atoms with Crippen molar-refractivity contribution in [2.24, 2.45) is 0 Å². The zero-order chi connectivity index (χ0) is 22.2. The third kappa shape index (κ3) is 6.56. The minimum atomic E-state index is -0.517. The van der Waals surface area contributed by atoms with Gasteiger partial charge in [0.15, 0.2) is 6.29 Å². The minimum absolute atomic E-state index is 0.219. The standard InChI is InChI=1S/C23H20BrClN2O3S/c24-11-15-3-1-4-16(9-15)12-26-23(30)20-6-2-5-19(10-18(20)13-28)27-22(29)17-7-8-21(25)31-14-17/h1-10,13,19H,11-12,14H2,(H,26,30)(H,27,29). The summed E-state index contributed by atoms with van der Waals surface area (Å²) in [6.45, 7) is 0.342. The minimum Gasteiger partial charge on any atom is -0.348 e. The van der Waals surface area contributed by atoms with Crippen molar-refractivity contribution < 1.29 is 14.4 Å². The van der Waals surface area contributed by atoms with Crippen molar-refractivity contribution in [3.05, 3.63) is 92.9 Å². The summed E-state index contributed by atoms with van der Waals surface area (Å²) in [6.07, 6.45) is 10.5. The third-order valence-electron chi connectivity index (χ3n) is 4.59. The van der Waals surface area contributed by atoms with Crippen LogP contribution in [0.15, 0.2) is 81.8 Å². The van der Waals surface area contributed by atoms with Gasteiger partial charge in [0.05, 0.1) is 10.4 Å². The summed E-state index contributed by atoms with van der Waals surface area (Å²) < 4.78 is 0.632. The molecule has 1 aliphatic heterocycles. The Morgan fingerprint density at radius 3 is 2.71 bits per heavy atom. The van der Waals surface area contributed by atoms with Gasteiger partial charge in [-0.05, 0) is 29.4 Å². The van der Waals surface area contributed by atoms with Crippen LogP contribution >= 0.6 is 39.3 Å². The van der Waals surface area contributed by atoms with Gasteiger partial charge in [0.25, 0.3) is 5.91 Å². The Morgan fingerprint density at radius 2 is 2.00 bits per heavy atom. The quantitative estimate of drug-likeness (QED) is 0.421. The van der Waals surface area contributed by atoms with Crippen molar-refractivity contribution in [1.29, 1.82) is 0 Å². The molecule has 1 aliphatic carbocycles. The van der Waals surface area contributed by atoms with E-state index in [1.807, 2.05) is 24.3 Å². The molecule has 5 nitrogen and oxygen atoms in total. The van der Waals surface area contributed by atoms with Crippen LogP contribution in [0.2, 0.25) is 0 Å². The lowest BCUT2D eigenvalue weighted by Crippen LogP contribution is -2.34. The van der Waals surface area contributed by atoms with Crippen LogP contribution in [0.1, 0.15) is 11.1 Å². The number of allylic oxidation sites excluding steroid dienone is 4. The Labute approximate surface area is 198 Å². The molecule has 0 fully saturated rings. The number of benzene rings is 1. The zero-order valence-corrected chi connectivity index (χ0v) is 19.6. The summed E-state index contributed by atoms with van der Waals surface area (Å²) in [4.78, 5) is 36.9. The molecule has 2 N–H and O–H groups in total. The van der Waals surface area contributed by atoms with Gasteiger partial charge in [-0.1, -0.05) is 70.0 Å². The topological polar surface area (TPSA) is 75.3 Å². The van der Waals surface area contributed by atoms with E-state index >= 15 is 0 Å². The fourth-order valence-electron chi connectivity index (χ4n) is 3.00. The van der Waals surface area contributed by atoms with E-state index in [1.165, 1.54) is 11.8 Å². The van der Waals surface area contributed by atoms with Crippen LogP contribution in [0.5, 0.6) is 0 Å². The fraction of sp³-hybridized carbons (Fsp3) is 0.174. The van der Waals surface area contributed by atoms with Crippen LogP contribution in [-0.4, -0.2) is 29.9 Å². The van der Waals surface area contributed by atoms with Gasteiger partial charge in [0.2, 0.25) is 5.91 Å². The maximum atomic E-state index is 12.7. The molecule has 2 amide bonds. The normalized spacial score (nSPS) is 18.1. The van der Waals surface area contributed by atoms with E-state index in [9.17, 15) is 14.4 Å². The van der Waals surface area contributed by atoms with Gasteiger partial charge < -0.3 is 10.6 Å². The van der Waals surface area contributed by atoms with Crippen molar-refractivity contribution in [1.82, 2.24) is 10.6 Å². The maximum Gasteiger partial charge on any atom is 0.252 e. The van der Waals surface area contributed by atoms with Gasteiger partial charge in [-0.25, -0.2) is 0 Å². The van der Waals surface area contributed by atoms with Gasteiger partial charge >= 0.3 is 0 Å². The second-order valence-corrected chi connectivity index (χ2v) is 9.00. The number of thioether (sulfide) groups is 1. The number of rotatable bonds is 7. The first kappa shape index (κ1) is 23.3. The first-order chi connectivity index (χ1) is 15.0. The summed E-state index contributed by atoms with van der Waals surface area (Å²) in [6, 6.07) is 7.33. The highest BCUT2D eigenvalue weighted by Gasteiger charge is 2.20. The molecule has 31 heavy (non-hydrogen) atoms. The number of hydrogen-bond donors (Lipinski definition) is 2. The summed E-state index contributed by atoms with van der Waals surface area (Å²) in [5.41, 5.74) is 3.13. The Kier molecular flexibility index (Phi) is 8.51.